The Labute approximate surface area is 115 Å². The SMILES string of the molecule is CCCC(CC)(C(=O)OCC)C(CC)CP(=O)(O)O. The van der Waals surface area contributed by atoms with Crippen LogP contribution in [0.4, 0.5) is 0 Å². The van der Waals surface area contributed by atoms with Crippen molar-refractivity contribution in [2.45, 2.75) is 53.4 Å². The lowest BCUT2D eigenvalue weighted by molar-refractivity contribution is -0.160. The predicted octanol–water partition coefficient (Wildman–Crippen LogP) is 2.95. The molecule has 0 heterocycles. The van der Waals surface area contributed by atoms with Crippen molar-refractivity contribution >= 4 is 13.6 Å². The number of hydrogen-bond donors (Lipinski definition) is 2. The molecular weight excluding hydrogens is 267 g/mol. The van der Waals surface area contributed by atoms with Gasteiger partial charge in [-0.2, -0.15) is 0 Å². The molecule has 0 aliphatic rings. The number of carbonyl (C=O) groups is 1. The minimum Gasteiger partial charge on any atom is -0.466 e. The Kier molecular flexibility index (Phi) is 7.87. The number of esters is 1. The van der Waals surface area contributed by atoms with Crippen molar-refractivity contribution in [1.82, 2.24) is 0 Å². The summed E-state index contributed by atoms with van der Waals surface area (Å²) in [5, 5.41) is 0. The van der Waals surface area contributed by atoms with Crippen molar-refractivity contribution in [3.8, 4) is 0 Å². The van der Waals surface area contributed by atoms with Crippen molar-refractivity contribution in [3.63, 3.8) is 0 Å². The van der Waals surface area contributed by atoms with Crippen LogP contribution in [-0.2, 0) is 14.1 Å². The second-order valence-corrected chi connectivity index (χ2v) is 6.63. The molecule has 0 bridgehead atoms. The summed E-state index contributed by atoms with van der Waals surface area (Å²) in [7, 11) is -4.14. The Bertz CT molecular complexity index is 325. The van der Waals surface area contributed by atoms with E-state index in [0.29, 0.717) is 19.3 Å². The smallest absolute Gasteiger partial charge is 0.325 e. The minimum absolute atomic E-state index is 0.254. The van der Waals surface area contributed by atoms with Crippen LogP contribution < -0.4 is 0 Å². The first kappa shape index (κ1) is 18.6. The lowest BCUT2D eigenvalue weighted by atomic mass is 9.70. The molecule has 2 N–H and O–H groups in total. The Balaban J connectivity index is 5.38. The van der Waals surface area contributed by atoms with Crippen LogP contribution >= 0.6 is 7.60 Å². The van der Waals surface area contributed by atoms with Crippen LogP contribution in [0.15, 0.2) is 0 Å². The molecule has 0 amide bonds. The molecule has 0 aromatic rings. The minimum atomic E-state index is -4.14. The summed E-state index contributed by atoms with van der Waals surface area (Å²) < 4.78 is 16.4. The monoisotopic (exact) mass is 294 g/mol. The number of carbonyl (C=O) groups excluding carboxylic acids is 1. The van der Waals surface area contributed by atoms with E-state index < -0.39 is 13.0 Å². The Morgan fingerprint density at radius 3 is 2.16 bits per heavy atom. The molecule has 0 aromatic heterocycles. The Hall–Kier alpha value is -0.380. The van der Waals surface area contributed by atoms with E-state index in [2.05, 4.69) is 0 Å². The molecular formula is C13H27O5P. The predicted molar refractivity (Wildman–Crippen MR) is 75.0 cm³/mol. The maximum Gasteiger partial charge on any atom is 0.325 e. The third-order valence-electron chi connectivity index (χ3n) is 3.74. The highest BCUT2D eigenvalue weighted by Crippen LogP contribution is 2.48. The lowest BCUT2D eigenvalue weighted by Crippen LogP contribution is -2.41. The zero-order valence-corrected chi connectivity index (χ0v) is 13.3. The van der Waals surface area contributed by atoms with Crippen LogP contribution in [0.1, 0.15) is 53.4 Å². The normalized spacial score (nSPS) is 16.7. The summed E-state index contributed by atoms with van der Waals surface area (Å²) in [6.07, 6.45) is 2.22. The molecule has 114 valence electrons. The van der Waals surface area contributed by atoms with E-state index in [1.165, 1.54) is 0 Å². The third kappa shape index (κ3) is 5.25. The number of hydrogen-bond acceptors (Lipinski definition) is 3. The highest BCUT2D eigenvalue weighted by Gasteiger charge is 2.45. The topological polar surface area (TPSA) is 83.8 Å². The lowest BCUT2D eigenvalue weighted by Gasteiger charge is -2.37. The van der Waals surface area contributed by atoms with E-state index in [4.69, 9.17) is 4.74 Å². The summed E-state index contributed by atoms with van der Waals surface area (Å²) >= 11 is 0. The van der Waals surface area contributed by atoms with E-state index in [0.717, 1.165) is 6.42 Å². The van der Waals surface area contributed by atoms with Crippen molar-refractivity contribution in [2.24, 2.45) is 11.3 Å². The average molecular weight is 294 g/mol. The highest BCUT2D eigenvalue weighted by molar-refractivity contribution is 7.51. The molecule has 0 saturated carbocycles. The van der Waals surface area contributed by atoms with Crippen molar-refractivity contribution < 1.29 is 23.9 Å². The van der Waals surface area contributed by atoms with Gasteiger partial charge >= 0.3 is 13.6 Å². The highest BCUT2D eigenvalue weighted by atomic mass is 31.2. The number of rotatable bonds is 9. The quantitative estimate of drug-likeness (QED) is 0.504. The van der Waals surface area contributed by atoms with Gasteiger partial charge in [0.15, 0.2) is 0 Å². The van der Waals surface area contributed by atoms with Gasteiger partial charge in [-0.05, 0) is 25.7 Å². The molecule has 5 nitrogen and oxygen atoms in total. The van der Waals surface area contributed by atoms with Gasteiger partial charge in [0.05, 0.1) is 18.2 Å². The fraction of sp³-hybridized carbons (Fsp3) is 0.923. The molecule has 0 spiro atoms. The standard InChI is InChI=1S/C13H27O5P/c1-5-9-13(7-3,12(14)18-8-4)11(6-2)10-19(15,16)17/h11H,5-10H2,1-4H3,(H2,15,16,17). The molecule has 0 rings (SSSR count). The molecule has 0 aromatic carbocycles. The molecule has 0 fully saturated rings. The summed E-state index contributed by atoms with van der Waals surface area (Å²) in [4.78, 5) is 30.7. The Morgan fingerprint density at radius 1 is 1.26 bits per heavy atom. The van der Waals surface area contributed by atoms with Gasteiger partial charge in [0.1, 0.15) is 0 Å². The van der Waals surface area contributed by atoms with Gasteiger partial charge in [-0.3, -0.25) is 9.36 Å². The van der Waals surface area contributed by atoms with E-state index in [1.54, 1.807) is 6.92 Å². The first-order valence-corrected chi connectivity index (χ1v) is 8.78. The summed E-state index contributed by atoms with van der Waals surface area (Å²) in [6.45, 7) is 7.74. The van der Waals surface area contributed by atoms with Gasteiger partial charge in [-0.1, -0.05) is 33.6 Å². The van der Waals surface area contributed by atoms with Crippen LogP contribution in [0.2, 0.25) is 0 Å². The maximum atomic E-state index is 12.3. The largest absolute Gasteiger partial charge is 0.466 e. The first-order chi connectivity index (χ1) is 8.77. The fourth-order valence-electron chi connectivity index (χ4n) is 2.79. The van der Waals surface area contributed by atoms with Crippen molar-refractivity contribution in [2.75, 3.05) is 12.8 Å². The maximum absolute atomic E-state index is 12.3. The van der Waals surface area contributed by atoms with Crippen LogP contribution in [0, 0.1) is 11.3 Å². The van der Waals surface area contributed by atoms with Crippen LogP contribution in [-0.4, -0.2) is 28.5 Å². The van der Waals surface area contributed by atoms with Crippen molar-refractivity contribution in [3.05, 3.63) is 0 Å². The van der Waals surface area contributed by atoms with E-state index >= 15 is 0 Å². The molecule has 2 unspecified atom stereocenters. The molecule has 19 heavy (non-hydrogen) atoms. The van der Waals surface area contributed by atoms with E-state index in [9.17, 15) is 19.1 Å². The zero-order chi connectivity index (χ0) is 15.1. The van der Waals surface area contributed by atoms with Gasteiger partial charge < -0.3 is 14.5 Å². The van der Waals surface area contributed by atoms with Crippen molar-refractivity contribution in [1.29, 1.82) is 0 Å². The molecule has 0 aliphatic heterocycles. The molecule has 6 heteroatoms. The van der Waals surface area contributed by atoms with E-state index in [1.807, 2.05) is 20.8 Å². The third-order valence-corrected chi connectivity index (χ3v) is 4.66. The van der Waals surface area contributed by atoms with Gasteiger partial charge in [-0.15, -0.1) is 0 Å². The van der Waals surface area contributed by atoms with Gasteiger partial charge in [0.25, 0.3) is 0 Å². The summed E-state index contributed by atoms with van der Waals surface area (Å²) in [5.74, 6) is -0.669. The summed E-state index contributed by atoms with van der Waals surface area (Å²) in [5.41, 5.74) is -0.777. The van der Waals surface area contributed by atoms with Gasteiger partial charge in [-0.25, -0.2) is 0 Å². The Morgan fingerprint density at radius 2 is 1.84 bits per heavy atom. The first-order valence-electron chi connectivity index (χ1n) is 6.99. The van der Waals surface area contributed by atoms with Crippen LogP contribution in [0.3, 0.4) is 0 Å². The van der Waals surface area contributed by atoms with E-state index in [-0.39, 0.29) is 24.7 Å². The molecule has 0 radical (unpaired) electrons. The fourth-order valence-corrected chi connectivity index (χ4v) is 3.97. The van der Waals surface area contributed by atoms with Crippen LogP contribution in [0.25, 0.3) is 0 Å². The van der Waals surface area contributed by atoms with Crippen LogP contribution in [0.5, 0.6) is 0 Å². The number of ether oxygens (including phenoxy) is 1. The molecule has 2 atom stereocenters. The molecule has 0 saturated heterocycles. The average Bonchev–Trinajstić information content (AvgIpc) is 2.32. The molecule has 0 aliphatic carbocycles. The zero-order valence-electron chi connectivity index (χ0n) is 12.4. The second-order valence-electron chi connectivity index (χ2n) is 4.93. The van der Waals surface area contributed by atoms with Gasteiger partial charge in [0.2, 0.25) is 0 Å². The van der Waals surface area contributed by atoms with Gasteiger partial charge in [0, 0.05) is 0 Å². The second kappa shape index (κ2) is 8.03. The summed E-state index contributed by atoms with van der Waals surface area (Å²) in [6, 6.07) is 0.